The van der Waals surface area contributed by atoms with E-state index >= 15 is 0 Å². The summed E-state index contributed by atoms with van der Waals surface area (Å²) in [5.41, 5.74) is -0.475. The molecular weight excluding hydrogens is 282 g/mol. The van der Waals surface area contributed by atoms with Crippen LogP contribution in [0.3, 0.4) is 0 Å². The highest BCUT2D eigenvalue weighted by Gasteiger charge is 2.39. The molecule has 7 heteroatoms. The van der Waals surface area contributed by atoms with E-state index in [1.54, 1.807) is 10.9 Å². The lowest BCUT2D eigenvalue weighted by Gasteiger charge is -2.28. The highest BCUT2D eigenvalue weighted by molar-refractivity contribution is 5.69. The molecule has 22 heavy (non-hydrogen) atoms. The minimum atomic E-state index is -0.475. The van der Waals surface area contributed by atoms with Gasteiger partial charge in [-0.2, -0.15) is 0 Å². The molecule has 122 valence electrons. The normalized spacial score (nSPS) is 25.5. The third-order valence-electron chi connectivity index (χ3n) is 3.96. The number of nitrogens with one attached hydrogen (secondary N) is 1. The number of likely N-dealkylation sites (tertiary alicyclic amines) is 1. The second-order valence-corrected chi connectivity index (χ2v) is 7.29. The monoisotopic (exact) mass is 307 g/mol. The Bertz CT molecular complexity index is 507. The molecule has 0 bridgehead atoms. The Labute approximate surface area is 131 Å². The van der Waals surface area contributed by atoms with Crippen LogP contribution in [0, 0.1) is 0 Å². The SMILES string of the molecule is CC(C)(C)OC(=O)N1C[C@H](NC2CC2)C[C@H]1Cn1ccnn1. The van der Waals surface area contributed by atoms with Crippen molar-refractivity contribution in [3.05, 3.63) is 12.4 Å². The summed E-state index contributed by atoms with van der Waals surface area (Å²) < 4.78 is 7.33. The predicted octanol–water partition coefficient (Wildman–Crippen LogP) is 1.41. The fourth-order valence-electron chi connectivity index (χ4n) is 2.88. The van der Waals surface area contributed by atoms with Crippen molar-refractivity contribution in [2.75, 3.05) is 6.54 Å². The van der Waals surface area contributed by atoms with Crippen molar-refractivity contribution in [3.8, 4) is 0 Å². The summed E-state index contributed by atoms with van der Waals surface area (Å²) in [6.07, 6.45) is 6.67. The van der Waals surface area contributed by atoms with Gasteiger partial charge in [0.1, 0.15) is 5.60 Å². The molecule has 0 unspecified atom stereocenters. The Kier molecular flexibility index (Phi) is 4.08. The topological polar surface area (TPSA) is 72.3 Å². The fourth-order valence-corrected chi connectivity index (χ4v) is 2.88. The van der Waals surface area contributed by atoms with Gasteiger partial charge in [-0.15, -0.1) is 5.10 Å². The number of nitrogens with zero attached hydrogens (tertiary/aromatic N) is 4. The number of hydrogen-bond acceptors (Lipinski definition) is 5. The van der Waals surface area contributed by atoms with E-state index in [0.717, 1.165) is 6.42 Å². The summed E-state index contributed by atoms with van der Waals surface area (Å²) in [6.45, 7) is 7.04. The first-order valence-electron chi connectivity index (χ1n) is 8.00. The van der Waals surface area contributed by atoms with Crippen LogP contribution < -0.4 is 5.32 Å². The van der Waals surface area contributed by atoms with Gasteiger partial charge in [-0.05, 0) is 40.0 Å². The summed E-state index contributed by atoms with van der Waals surface area (Å²) in [4.78, 5) is 14.3. The molecule has 0 spiro atoms. The molecule has 1 amide bonds. The Morgan fingerprint density at radius 1 is 1.36 bits per heavy atom. The molecule has 1 saturated carbocycles. The van der Waals surface area contributed by atoms with Crippen molar-refractivity contribution >= 4 is 6.09 Å². The molecule has 3 rings (SSSR count). The van der Waals surface area contributed by atoms with Crippen molar-refractivity contribution in [3.63, 3.8) is 0 Å². The van der Waals surface area contributed by atoms with Crippen LogP contribution in [-0.4, -0.2) is 56.3 Å². The zero-order valence-corrected chi connectivity index (χ0v) is 13.5. The van der Waals surface area contributed by atoms with E-state index < -0.39 is 5.60 Å². The molecule has 0 radical (unpaired) electrons. The van der Waals surface area contributed by atoms with E-state index in [2.05, 4.69) is 15.6 Å². The van der Waals surface area contributed by atoms with Gasteiger partial charge in [-0.25, -0.2) is 4.79 Å². The highest BCUT2D eigenvalue weighted by Crippen LogP contribution is 2.26. The van der Waals surface area contributed by atoms with Gasteiger partial charge in [-0.3, -0.25) is 4.68 Å². The molecule has 2 fully saturated rings. The van der Waals surface area contributed by atoms with Gasteiger partial charge >= 0.3 is 6.09 Å². The summed E-state index contributed by atoms with van der Waals surface area (Å²) in [7, 11) is 0. The van der Waals surface area contributed by atoms with Gasteiger partial charge < -0.3 is 15.0 Å². The van der Waals surface area contributed by atoms with Crippen LogP contribution in [0.5, 0.6) is 0 Å². The molecular formula is C15H25N5O2. The number of aromatic nitrogens is 3. The lowest BCUT2D eigenvalue weighted by molar-refractivity contribution is 0.0208. The molecule has 2 atom stereocenters. The van der Waals surface area contributed by atoms with E-state index in [4.69, 9.17) is 4.74 Å². The van der Waals surface area contributed by atoms with E-state index in [1.807, 2.05) is 31.9 Å². The number of rotatable bonds is 4. The van der Waals surface area contributed by atoms with Crippen LogP contribution in [0.15, 0.2) is 12.4 Å². The van der Waals surface area contributed by atoms with Crippen molar-refractivity contribution in [1.29, 1.82) is 0 Å². The Morgan fingerprint density at radius 2 is 2.14 bits per heavy atom. The standard InChI is InChI=1S/C15H25N5O2/c1-15(2,3)22-14(21)20-9-12(17-11-4-5-11)8-13(20)10-19-7-6-16-18-19/h6-7,11-13,17H,4-5,8-10H2,1-3H3/t12-,13+/m1/s1. The number of carbonyl (C=O) groups is 1. The predicted molar refractivity (Wildman–Crippen MR) is 81.3 cm³/mol. The lowest BCUT2D eigenvalue weighted by atomic mass is 10.1. The Morgan fingerprint density at radius 3 is 2.73 bits per heavy atom. The van der Waals surface area contributed by atoms with Gasteiger partial charge in [0.2, 0.25) is 0 Å². The summed E-state index contributed by atoms with van der Waals surface area (Å²) in [6, 6.07) is 1.07. The lowest BCUT2D eigenvalue weighted by Crippen LogP contribution is -2.42. The van der Waals surface area contributed by atoms with Gasteiger partial charge in [0.15, 0.2) is 0 Å². The van der Waals surface area contributed by atoms with Gasteiger partial charge in [0.25, 0.3) is 0 Å². The van der Waals surface area contributed by atoms with Gasteiger partial charge in [0.05, 0.1) is 18.8 Å². The molecule has 0 aromatic carbocycles. The second-order valence-electron chi connectivity index (χ2n) is 7.29. The molecule has 1 saturated heterocycles. The van der Waals surface area contributed by atoms with Crippen LogP contribution in [0.4, 0.5) is 4.79 Å². The minimum Gasteiger partial charge on any atom is -0.444 e. The molecule has 1 aromatic rings. The van der Waals surface area contributed by atoms with Crippen LogP contribution in [-0.2, 0) is 11.3 Å². The largest absolute Gasteiger partial charge is 0.444 e. The number of carbonyl (C=O) groups excluding carboxylic acids is 1. The molecule has 1 aromatic heterocycles. The maximum absolute atomic E-state index is 12.5. The molecule has 2 aliphatic rings. The maximum atomic E-state index is 12.5. The minimum absolute atomic E-state index is 0.0906. The Hall–Kier alpha value is -1.63. The first-order valence-corrected chi connectivity index (χ1v) is 8.00. The second kappa shape index (κ2) is 5.87. The van der Waals surface area contributed by atoms with Crippen molar-refractivity contribution in [2.24, 2.45) is 0 Å². The van der Waals surface area contributed by atoms with E-state index in [9.17, 15) is 4.79 Å². The molecule has 7 nitrogen and oxygen atoms in total. The van der Waals surface area contributed by atoms with Crippen LogP contribution in [0.2, 0.25) is 0 Å². The summed E-state index contributed by atoms with van der Waals surface area (Å²) in [5, 5.41) is 11.5. The quantitative estimate of drug-likeness (QED) is 0.910. The summed E-state index contributed by atoms with van der Waals surface area (Å²) in [5.74, 6) is 0. The number of amides is 1. The Balaban J connectivity index is 1.66. The molecule has 1 aliphatic carbocycles. The summed E-state index contributed by atoms with van der Waals surface area (Å²) >= 11 is 0. The molecule has 1 N–H and O–H groups in total. The average Bonchev–Trinajstić information content (AvgIpc) is 2.92. The average molecular weight is 307 g/mol. The zero-order chi connectivity index (χ0) is 15.7. The first kappa shape index (κ1) is 15.3. The first-order chi connectivity index (χ1) is 10.4. The molecule has 2 heterocycles. The van der Waals surface area contributed by atoms with Gasteiger partial charge in [0, 0.05) is 24.8 Å². The van der Waals surface area contributed by atoms with E-state index in [0.29, 0.717) is 25.2 Å². The van der Waals surface area contributed by atoms with Crippen molar-refractivity contribution < 1.29 is 9.53 Å². The number of ether oxygens (including phenoxy) is 1. The zero-order valence-electron chi connectivity index (χ0n) is 13.5. The van der Waals surface area contributed by atoms with Crippen molar-refractivity contribution in [1.82, 2.24) is 25.2 Å². The van der Waals surface area contributed by atoms with Gasteiger partial charge in [-0.1, -0.05) is 5.21 Å². The third kappa shape index (κ3) is 3.97. The smallest absolute Gasteiger partial charge is 0.410 e. The maximum Gasteiger partial charge on any atom is 0.410 e. The van der Waals surface area contributed by atoms with Crippen LogP contribution >= 0.6 is 0 Å². The fraction of sp³-hybridized carbons (Fsp3) is 0.800. The van der Waals surface area contributed by atoms with E-state index in [-0.39, 0.29) is 12.1 Å². The third-order valence-corrected chi connectivity index (χ3v) is 3.96. The van der Waals surface area contributed by atoms with Crippen LogP contribution in [0.1, 0.15) is 40.0 Å². The van der Waals surface area contributed by atoms with E-state index in [1.165, 1.54) is 12.8 Å². The number of hydrogen-bond donors (Lipinski definition) is 1. The van der Waals surface area contributed by atoms with Crippen molar-refractivity contribution in [2.45, 2.75) is 70.3 Å². The molecule has 1 aliphatic heterocycles. The van der Waals surface area contributed by atoms with Crippen LogP contribution in [0.25, 0.3) is 0 Å². The highest BCUT2D eigenvalue weighted by atomic mass is 16.6.